The Morgan fingerprint density at radius 1 is 1.28 bits per heavy atom. The number of benzene rings is 1. The van der Waals surface area contributed by atoms with Crippen LogP contribution in [-0.4, -0.2) is 28.8 Å². The number of hydrogen-bond acceptors (Lipinski definition) is 5. The Kier molecular flexibility index (Phi) is 5.55. The first kappa shape index (κ1) is 19.0. The third kappa shape index (κ3) is 4.62. The van der Waals surface area contributed by atoms with Crippen LogP contribution in [0.4, 0.5) is 27.6 Å². The molecule has 0 atom stereocenters. The average Bonchev–Trinajstić information content (AvgIpc) is 2.96. The Labute approximate surface area is 143 Å². The van der Waals surface area contributed by atoms with E-state index >= 15 is 0 Å². The predicted molar refractivity (Wildman–Crippen MR) is 79.4 cm³/mol. The highest BCUT2D eigenvalue weighted by atomic mass is 32.1. The van der Waals surface area contributed by atoms with Crippen LogP contribution in [0.25, 0.3) is 0 Å². The fraction of sp³-hybridized carbons (Fsp3) is 0.357. The van der Waals surface area contributed by atoms with Crippen molar-refractivity contribution >= 4 is 22.9 Å². The normalized spacial score (nSPS) is 11.7. The molecule has 0 saturated carbocycles. The molecule has 1 aromatic heterocycles. The molecule has 0 bridgehead atoms. The second kappa shape index (κ2) is 7.30. The summed E-state index contributed by atoms with van der Waals surface area (Å²) >= 11 is 0.139. The van der Waals surface area contributed by atoms with E-state index < -0.39 is 46.6 Å². The first-order valence-electron chi connectivity index (χ1n) is 6.90. The number of carbonyl (C=O) groups is 1. The lowest BCUT2D eigenvalue weighted by Gasteiger charge is -2.27. The van der Waals surface area contributed by atoms with Crippen LogP contribution in [0, 0.1) is 11.6 Å². The Hall–Kier alpha value is -2.30. The van der Waals surface area contributed by atoms with Crippen molar-refractivity contribution in [1.29, 1.82) is 0 Å². The third-order valence-electron chi connectivity index (χ3n) is 2.92. The molecule has 0 N–H and O–H groups in total. The molecule has 0 radical (unpaired) electrons. The number of carbonyl (C=O) groups excluding carboxylic acids is 1. The SMILES string of the molecule is CC(C)N(C(=O)COc1nnc(C(F)(F)F)s1)c1ccc(F)cc1F. The minimum Gasteiger partial charge on any atom is -0.459 e. The van der Waals surface area contributed by atoms with E-state index in [4.69, 9.17) is 4.74 Å². The van der Waals surface area contributed by atoms with E-state index in [9.17, 15) is 26.7 Å². The van der Waals surface area contributed by atoms with Crippen molar-refractivity contribution in [2.75, 3.05) is 11.5 Å². The van der Waals surface area contributed by atoms with Crippen LogP contribution in [0.2, 0.25) is 0 Å². The molecule has 25 heavy (non-hydrogen) atoms. The van der Waals surface area contributed by atoms with Crippen LogP contribution >= 0.6 is 11.3 Å². The molecular weight excluding hydrogens is 369 g/mol. The molecule has 0 aliphatic carbocycles. The molecule has 0 unspecified atom stereocenters. The van der Waals surface area contributed by atoms with Crippen molar-refractivity contribution < 1.29 is 31.5 Å². The number of halogens is 5. The summed E-state index contributed by atoms with van der Waals surface area (Å²) in [6, 6.07) is 2.20. The number of anilines is 1. The molecule has 1 amide bonds. The van der Waals surface area contributed by atoms with Crippen LogP contribution in [0.1, 0.15) is 18.9 Å². The zero-order valence-electron chi connectivity index (χ0n) is 13.0. The molecule has 0 aliphatic heterocycles. The number of nitrogens with zero attached hydrogens (tertiary/aromatic N) is 3. The number of ether oxygens (including phenoxy) is 1. The Bertz CT molecular complexity index is 763. The van der Waals surface area contributed by atoms with Crippen molar-refractivity contribution in [3.8, 4) is 5.19 Å². The zero-order chi connectivity index (χ0) is 18.8. The zero-order valence-corrected chi connectivity index (χ0v) is 13.8. The smallest absolute Gasteiger partial charge is 0.445 e. The van der Waals surface area contributed by atoms with Crippen molar-refractivity contribution in [1.82, 2.24) is 10.2 Å². The van der Waals surface area contributed by atoms with E-state index in [0.29, 0.717) is 6.07 Å². The van der Waals surface area contributed by atoms with Crippen LogP contribution in [0.15, 0.2) is 18.2 Å². The van der Waals surface area contributed by atoms with Gasteiger partial charge in [0.05, 0.1) is 5.69 Å². The van der Waals surface area contributed by atoms with Gasteiger partial charge in [-0.05, 0) is 26.0 Å². The average molecular weight is 381 g/mol. The van der Waals surface area contributed by atoms with Gasteiger partial charge in [-0.25, -0.2) is 8.78 Å². The van der Waals surface area contributed by atoms with Crippen LogP contribution in [-0.2, 0) is 11.0 Å². The van der Waals surface area contributed by atoms with Crippen molar-refractivity contribution in [2.45, 2.75) is 26.1 Å². The van der Waals surface area contributed by atoms with Gasteiger partial charge in [-0.1, -0.05) is 16.4 Å². The fourth-order valence-electron chi connectivity index (χ4n) is 1.95. The van der Waals surface area contributed by atoms with Crippen LogP contribution in [0.5, 0.6) is 5.19 Å². The molecule has 0 saturated heterocycles. The van der Waals surface area contributed by atoms with E-state index in [1.165, 1.54) is 0 Å². The highest BCUT2D eigenvalue weighted by molar-refractivity contribution is 7.13. The summed E-state index contributed by atoms with van der Waals surface area (Å²) in [4.78, 5) is 13.3. The summed E-state index contributed by atoms with van der Waals surface area (Å²) in [5.41, 5.74) is -0.168. The summed E-state index contributed by atoms with van der Waals surface area (Å²) in [7, 11) is 0. The lowest BCUT2D eigenvalue weighted by Crippen LogP contribution is -2.40. The first-order valence-corrected chi connectivity index (χ1v) is 7.72. The molecule has 2 rings (SSSR count). The molecule has 2 aromatic rings. The van der Waals surface area contributed by atoms with Crippen molar-refractivity contribution in [3.63, 3.8) is 0 Å². The van der Waals surface area contributed by atoms with E-state index in [2.05, 4.69) is 10.2 Å². The summed E-state index contributed by atoms with van der Waals surface area (Å²) in [6.07, 6.45) is -4.66. The molecular formula is C14H12F5N3O2S. The number of amides is 1. The molecule has 136 valence electrons. The second-order valence-electron chi connectivity index (χ2n) is 5.11. The van der Waals surface area contributed by atoms with Crippen LogP contribution in [0.3, 0.4) is 0 Å². The van der Waals surface area contributed by atoms with Crippen molar-refractivity contribution in [3.05, 3.63) is 34.8 Å². The Morgan fingerprint density at radius 3 is 2.48 bits per heavy atom. The van der Waals surface area contributed by atoms with Gasteiger partial charge in [0.25, 0.3) is 11.1 Å². The molecule has 11 heteroatoms. The highest BCUT2D eigenvalue weighted by Crippen LogP contribution is 2.34. The maximum atomic E-state index is 13.9. The van der Waals surface area contributed by atoms with E-state index in [0.717, 1.165) is 17.0 Å². The van der Waals surface area contributed by atoms with Gasteiger partial charge in [0.1, 0.15) is 11.6 Å². The highest BCUT2D eigenvalue weighted by Gasteiger charge is 2.36. The Morgan fingerprint density at radius 2 is 1.96 bits per heavy atom. The van der Waals surface area contributed by atoms with Gasteiger partial charge >= 0.3 is 6.18 Å². The summed E-state index contributed by atoms with van der Waals surface area (Å²) in [5.74, 6) is -2.48. The molecule has 1 aromatic carbocycles. The largest absolute Gasteiger partial charge is 0.459 e. The van der Waals surface area contributed by atoms with Gasteiger partial charge in [-0.15, -0.1) is 5.10 Å². The van der Waals surface area contributed by atoms with Gasteiger partial charge in [-0.3, -0.25) is 4.79 Å². The number of rotatable bonds is 5. The molecule has 1 heterocycles. The van der Waals surface area contributed by atoms with E-state index in [1.54, 1.807) is 13.8 Å². The lowest BCUT2D eigenvalue weighted by atomic mass is 10.2. The minimum atomic E-state index is -4.66. The quantitative estimate of drug-likeness (QED) is 0.742. The van der Waals surface area contributed by atoms with Crippen molar-refractivity contribution in [2.24, 2.45) is 0 Å². The third-order valence-corrected chi connectivity index (χ3v) is 3.80. The maximum Gasteiger partial charge on any atom is 0.445 e. The molecule has 5 nitrogen and oxygen atoms in total. The Balaban J connectivity index is 2.12. The molecule has 0 fully saturated rings. The molecule has 0 aliphatic rings. The number of hydrogen-bond donors (Lipinski definition) is 0. The minimum absolute atomic E-state index is 0.139. The number of alkyl halides is 3. The van der Waals surface area contributed by atoms with E-state index in [-0.39, 0.29) is 17.0 Å². The summed E-state index contributed by atoms with van der Waals surface area (Å²) in [5, 5.41) is 4.46. The van der Waals surface area contributed by atoms with E-state index in [1.807, 2.05) is 0 Å². The van der Waals surface area contributed by atoms with Gasteiger partial charge in [-0.2, -0.15) is 13.2 Å². The predicted octanol–water partition coefficient (Wildman–Crippen LogP) is 3.66. The fourth-order valence-corrected chi connectivity index (χ4v) is 2.52. The topological polar surface area (TPSA) is 55.3 Å². The molecule has 0 spiro atoms. The maximum absolute atomic E-state index is 13.9. The summed E-state index contributed by atoms with van der Waals surface area (Å²) in [6.45, 7) is 2.50. The number of aromatic nitrogens is 2. The second-order valence-corrected chi connectivity index (χ2v) is 6.05. The lowest BCUT2D eigenvalue weighted by molar-refractivity contribution is -0.138. The van der Waals surface area contributed by atoms with Gasteiger partial charge in [0, 0.05) is 12.1 Å². The first-order chi connectivity index (χ1) is 11.6. The van der Waals surface area contributed by atoms with Gasteiger partial charge < -0.3 is 9.64 Å². The van der Waals surface area contributed by atoms with Gasteiger partial charge in [0.15, 0.2) is 6.61 Å². The standard InChI is InChI=1S/C14H12F5N3O2S/c1-7(2)22(10-4-3-8(15)5-9(10)16)11(23)6-24-13-21-20-12(25-13)14(17,18)19/h3-5,7H,6H2,1-2H3. The summed E-state index contributed by atoms with van der Waals surface area (Å²) < 4.78 is 69.1. The van der Waals surface area contributed by atoms with Gasteiger partial charge in [0.2, 0.25) is 5.01 Å². The van der Waals surface area contributed by atoms with Crippen LogP contribution < -0.4 is 9.64 Å². The monoisotopic (exact) mass is 381 g/mol.